The van der Waals surface area contributed by atoms with Crippen LogP contribution in [0.15, 0.2) is 60.7 Å². The molecule has 24 heavy (non-hydrogen) atoms. The highest BCUT2D eigenvalue weighted by molar-refractivity contribution is 5.95. The van der Waals surface area contributed by atoms with Crippen molar-refractivity contribution in [2.45, 2.75) is 12.5 Å². The van der Waals surface area contributed by atoms with Crippen molar-refractivity contribution in [1.29, 1.82) is 0 Å². The summed E-state index contributed by atoms with van der Waals surface area (Å²) in [5.41, 5.74) is 11.0. The number of primary amides is 1. The molecule has 0 spiro atoms. The van der Waals surface area contributed by atoms with Gasteiger partial charge in [-0.1, -0.05) is 48.5 Å². The molecule has 7 heteroatoms. The van der Waals surface area contributed by atoms with Crippen LogP contribution in [0.1, 0.15) is 28.4 Å². The molecule has 0 aromatic heterocycles. The van der Waals surface area contributed by atoms with E-state index in [4.69, 9.17) is 5.73 Å². The second-order valence-corrected chi connectivity index (χ2v) is 5.04. The van der Waals surface area contributed by atoms with Gasteiger partial charge in [0, 0.05) is 5.56 Å². The number of hydrazine groups is 1. The summed E-state index contributed by atoms with van der Waals surface area (Å²) < 4.78 is 0. The lowest BCUT2D eigenvalue weighted by atomic mass is 10.0. The van der Waals surface area contributed by atoms with Gasteiger partial charge in [0.25, 0.3) is 5.91 Å². The molecule has 0 unspecified atom stereocenters. The maximum absolute atomic E-state index is 12.0. The zero-order chi connectivity index (χ0) is 17.4. The summed E-state index contributed by atoms with van der Waals surface area (Å²) in [4.78, 5) is 35.0. The fourth-order valence-corrected chi connectivity index (χ4v) is 2.13. The molecule has 1 atom stereocenters. The number of urea groups is 1. The van der Waals surface area contributed by atoms with E-state index in [1.807, 2.05) is 6.07 Å². The van der Waals surface area contributed by atoms with E-state index in [1.165, 1.54) is 0 Å². The number of nitrogens with two attached hydrogens (primary N) is 1. The Kier molecular flexibility index (Phi) is 5.90. The number of hydrogen-bond donors (Lipinski definition) is 4. The van der Waals surface area contributed by atoms with Crippen molar-refractivity contribution in [3.05, 3.63) is 71.8 Å². The molecule has 0 saturated carbocycles. The summed E-state index contributed by atoms with van der Waals surface area (Å²) in [6.45, 7) is 0. The summed E-state index contributed by atoms with van der Waals surface area (Å²) >= 11 is 0. The standard InChI is InChI=1S/C17H18N4O3/c18-17(24)19-14(12-7-3-1-4-8-12)11-15(22)20-21-16(23)13-9-5-2-6-10-13/h1-10,14H,11H2,(H,20,22)(H,21,23)(H3,18,19,24)/t14-/m0/s1. The molecule has 0 aliphatic carbocycles. The normalized spacial score (nSPS) is 11.2. The lowest BCUT2D eigenvalue weighted by Gasteiger charge is -2.17. The summed E-state index contributed by atoms with van der Waals surface area (Å²) in [7, 11) is 0. The SMILES string of the molecule is NC(=O)N[C@@H](CC(=O)NNC(=O)c1ccccc1)c1ccccc1. The third kappa shape index (κ3) is 5.13. The zero-order valence-electron chi connectivity index (χ0n) is 12.9. The first-order valence-corrected chi connectivity index (χ1v) is 7.31. The quantitative estimate of drug-likeness (QED) is 0.620. The molecule has 5 N–H and O–H groups in total. The van der Waals surface area contributed by atoms with Gasteiger partial charge < -0.3 is 11.1 Å². The van der Waals surface area contributed by atoms with Crippen LogP contribution in [0.5, 0.6) is 0 Å². The number of carbonyl (C=O) groups is 3. The van der Waals surface area contributed by atoms with E-state index >= 15 is 0 Å². The average Bonchev–Trinajstić information content (AvgIpc) is 2.60. The van der Waals surface area contributed by atoms with Gasteiger partial charge in [-0.25, -0.2) is 4.79 Å². The van der Waals surface area contributed by atoms with Crippen LogP contribution >= 0.6 is 0 Å². The molecule has 2 rings (SSSR count). The van der Waals surface area contributed by atoms with E-state index < -0.39 is 23.9 Å². The molecule has 0 radical (unpaired) electrons. The molecular formula is C17H18N4O3. The van der Waals surface area contributed by atoms with Gasteiger partial charge in [-0.3, -0.25) is 20.4 Å². The molecule has 2 aromatic rings. The van der Waals surface area contributed by atoms with E-state index in [0.29, 0.717) is 5.56 Å². The van der Waals surface area contributed by atoms with E-state index in [1.54, 1.807) is 54.6 Å². The Labute approximate surface area is 139 Å². The Bertz CT molecular complexity index is 704. The maximum Gasteiger partial charge on any atom is 0.312 e. The molecule has 124 valence electrons. The van der Waals surface area contributed by atoms with Crippen molar-refractivity contribution in [3.8, 4) is 0 Å². The Morgan fingerprint density at radius 3 is 2.04 bits per heavy atom. The molecule has 4 amide bonds. The molecule has 0 aliphatic rings. The lowest BCUT2D eigenvalue weighted by molar-refractivity contribution is -0.122. The molecule has 0 heterocycles. The number of nitrogens with one attached hydrogen (secondary N) is 3. The van der Waals surface area contributed by atoms with Gasteiger partial charge in [0.05, 0.1) is 12.5 Å². The Balaban J connectivity index is 1.93. The van der Waals surface area contributed by atoms with Crippen molar-refractivity contribution in [2.24, 2.45) is 5.73 Å². The van der Waals surface area contributed by atoms with E-state index in [-0.39, 0.29) is 6.42 Å². The third-order valence-corrected chi connectivity index (χ3v) is 3.26. The predicted molar refractivity (Wildman–Crippen MR) is 88.6 cm³/mol. The average molecular weight is 326 g/mol. The summed E-state index contributed by atoms with van der Waals surface area (Å²) in [5, 5.41) is 2.51. The van der Waals surface area contributed by atoms with E-state index in [2.05, 4.69) is 16.2 Å². The highest BCUT2D eigenvalue weighted by atomic mass is 16.2. The van der Waals surface area contributed by atoms with Gasteiger partial charge in [-0.05, 0) is 17.7 Å². The van der Waals surface area contributed by atoms with Crippen molar-refractivity contribution < 1.29 is 14.4 Å². The third-order valence-electron chi connectivity index (χ3n) is 3.26. The van der Waals surface area contributed by atoms with Crippen molar-refractivity contribution >= 4 is 17.8 Å². The van der Waals surface area contributed by atoms with Crippen LogP contribution in [0.4, 0.5) is 4.79 Å². The topological polar surface area (TPSA) is 113 Å². The van der Waals surface area contributed by atoms with Crippen LogP contribution in [-0.4, -0.2) is 17.8 Å². The number of hydrogen-bond acceptors (Lipinski definition) is 3. The monoisotopic (exact) mass is 326 g/mol. The Morgan fingerprint density at radius 2 is 1.46 bits per heavy atom. The number of amides is 4. The molecule has 0 aliphatic heterocycles. The van der Waals surface area contributed by atoms with Crippen molar-refractivity contribution in [2.75, 3.05) is 0 Å². The fourth-order valence-electron chi connectivity index (χ4n) is 2.13. The second kappa shape index (κ2) is 8.33. The number of carbonyl (C=O) groups excluding carboxylic acids is 3. The van der Waals surface area contributed by atoms with Gasteiger partial charge in [-0.2, -0.15) is 0 Å². The van der Waals surface area contributed by atoms with Crippen LogP contribution in [0.2, 0.25) is 0 Å². The summed E-state index contributed by atoms with van der Waals surface area (Å²) in [6, 6.07) is 16.1. The first kappa shape index (κ1) is 17.0. The Hall–Kier alpha value is -3.35. The van der Waals surface area contributed by atoms with Crippen molar-refractivity contribution in [3.63, 3.8) is 0 Å². The first-order valence-electron chi connectivity index (χ1n) is 7.31. The molecule has 0 fully saturated rings. The fraction of sp³-hybridized carbons (Fsp3) is 0.118. The smallest absolute Gasteiger partial charge is 0.312 e. The zero-order valence-corrected chi connectivity index (χ0v) is 12.9. The van der Waals surface area contributed by atoms with Crippen molar-refractivity contribution in [1.82, 2.24) is 16.2 Å². The van der Waals surface area contributed by atoms with Crippen LogP contribution in [-0.2, 0) is 4.79 Å². The van der Waals surface area contributed by atoms with E-state index in [0.717, 1.165) is 5.56 Å². The minimum Gasteiger partial charge on any atom is -0.352 e. The van der Waals surface area contributed by atoms with Gasteiger partial charge >= 0.3 is 6.03 Å². The molecule has 0 bridgehead atoms. The van der Waals surface area contributed by atoms with Crippen LogP contribution in [0, 0.1) is 0 Å². The van der Waals surface area contributed by atoms with Crippen LogP contribution < -0.4 is 21.9 Å². The summed E-state index contributed by atoms with van der Waals surface area (Å²) in [6.07, 6.45) is -0.0674. The lowest BCUT2D eigenvalue weighted by Crippen LogP contribution is -2.44. The highest BCUT2D eigenvalue weighted by Gasteiger charge is 2.17. The van der Waals surface area contributed by atoms with Gasteiger partial charge in [0.2, 0.25) is 5.91 Å². The largest absolute Gasteiger partial charge is 0.352 e. The highest BCUT2D eigenvalue weighted by Crippen LogP contribution is 2.16. The number of rotatable bonds is 5. The number of benzene rings is 2. The maximum atomic E-state index is 12.0. The molecule has 7 nitrogen and oxygen atoms in total. The van der Waals surface area contributed by atoms with Gasteiger partial charge in [-0.15, -0.1) is 0 Å². The minimum absolute atomic E-state index is 0.0674. The second-order valence-electron chi connectivity index (χ2n) is 5.04. The predicted octanol–water partition coefficient (Wildman–Crippen LogP) is 1.25. The van der Waals surface area contributed by atoms with Crippen LogP contribution in [0.3, 0.4) is 0 Å². The Morgan fingerprint density at radius 1 is 0.875 bits per heavy atom. The summed E-state index contributed by atoms with van der Waals surface area (Å²) in [5.74, 6) is -0.884. The van der Waals surface area contributed by atoms with E-state index in [9.17, 15) is 14.4 Å². The molecule has 0 saturated heterocycles. The molecular weight excluding hydrogens is 308 g/mol. The van der Waals surface area contributed by atoms with Crippen LogP contribution in [0.25, 0.3) is 0 Å². The van der Waals surface area contributed by atoms with Gasteiger partial charge in [0.15, 0.2) is 0 Å². The van der Waals surface area contributed by atoms with Gasteiger partial charge in [0.1, 0.15) is 0 Å². The first-order chi connectivity index (χ1) is 11.6. The molecule has 2 aromatic carbocycles. The minimum atomic E-state index is -0.732.